The van der Waals surface area contributed by atoms with E-state index in [1.807, 2.05) is 32.9 Å². The van der Waals surface area contributed by atoms with Crippen LogP contribution in [0, 0.1) is 0 Å². The maximum absolute atomic E-state index is 11.8. The smallest absolute Gasteiger partial charge is 0.408 e. The number of thiophene rings is 1. The fraction of sp³-hybridized carbons (Fsp3) is 0.400. The predicted octanol–water partition coefficient (Wildman–Crippen LogP) is 3.43. The summed E-state index contributed by atoms with van der Waals surface area (Å²) in [6.45, 7) is 5.85. The van der Waals surface area contributed by atoms with Crippen LogP contribution in [-0.4, -0.2) is 18.2 Å². The molecule has 0 radical (unpaired) electrons. The Balaban J connectivity index is 2.13. The van der Waals surface area contributed by atoms with E-state index in [1.54, 1.807) is 11.3 Å². The molecule has 4 nitrogen and oxygen atoms in total. The number of carbonyl (C=O) groups excluding carboxylic acids is 1. The molecule has 0 saturated carbocycles. The van der Waals surface area contributed by atoms with Crippen LogP contribution in [0.5, 0.6) is 0 Å². The van der Waals surface area contributed by atoms with E-state index in [0.717, 1.165) is 10.3 Å². The number of nitrogens with two attached hydrogens (primary N) is 1. The fourth-order valence-electron chi connectivity index (χ4n) is 1.87. The van der Waals surface area contributed by atoms with E-state index in [4.69, 9.17) is 10.5 Å². The predicted molar refractivity (Wildman–Crippen MR) is 83.0 cm³/mol. The lowest BCUT2D eigenvalue weighted by molar-refractivity contribution is 0.0506. The van der Waals surface area contributed by atoms with Gasteiger partial charge in [0.15, 0.2) is 0 Å². The summed E-state index contributed by atoms with van der Waals surface area (Å²) in [4.78, 5) is 12.9. The summed E-state index contributed by atoms with van der Waals surface area (Å²) in [6.07, 6.45) is -0.439. The van der Waals surface area contributed by atoms with Crippen molar-refractivity contribution in [3.8, 4) is 0 Å². The van der Waals surface area contributed by atoms with Gasteiger partial charge in [0.1, 0.15) is 5.60 Å². The molecule has 2 rings (SSSR count). The highest BCUT2D eigenvalue weighted by molar-refractivity contribution is 7.19. The lowest BCUT2D eigenvalue weighted by atomic mass is 10.2. The molecular formula is C15H20N2O2S. The Morgan fingerprint density at radius 1 is 1.40 bits per heavy atom. The van der Waals surface area contributed by atoms with Crippen LogP contribution in [0.2, 0.25) is 0 Å². The largest absolute Gasteiger partial charge is 0.444 e. The Bertz CT molecular complexity index is 568. The molecular weight excluding hydrogens is 272 g/mol. The molecule has 0 spiro atoms. The molecule has 1 aromatic carbocycles. The van der Waals surface area contributed by atoms with Gasteiger partial charge in [-0.2, -0.15) is 0 Å². The van der Waals surface area contributed by atoms with Crippen molar-refractivity contribution in [2.75, 3.05) is 6.54 Å². The molecule has 0 fully saturated rings. The summed E-state index contributed by atoms with van der Waals surface area (Å²) in [5.41, 5.74) is 5.26. The van der Waals surface area contributed by atoms with Gasteiger partial charge in [-0.1, -0.05) is 18.2 Å². The molecule has 1 atom stereocenters. The summed E-state index contributed by atoms with van der Waals surface area (Å²) < 4.78 is 6.45. The van der Waals surface area contributed by atoms with Gasteiger partial charge in [0.25, 0.3) is 0 Å². The zero-order chi connectivity index (χ0) is 14.8. The Morgan fingerprint density at radius 3 is 2.70 bits per heavy atom. The van der Waals surface area contributed by atoms with Crippen molar-refractivity contribution in [3.63, 3.8) is 0 Å². The lowest BCUT2D eigenvalue weighted by Gasteiger charge is -2.22. The van der Waals surface area contributed by atoms with E-state index in [0.29, 0.717) is 6.54 Å². The van der Waals surface area contributed by atoms with Crippen LogP contribution < -0.4 is 11.1 Å². The Labute approximate surface area is 122 Å². The Kier molecular flexibility index (Phi) is 4.30. The molecule has 5 heteroatoms. The number of benzene rings is 1. The number of carbonyl (C=O) groups is 1. The van der Waals surface area contributed by atoms with E-state index >= 15 is 0 Å². The second-order valence-electron chi connectivity index (χ2n) is 5.62. The van der Waals surface area contributed by atoms with Crippen LogP contribution in [-0.2, 0) is 4.74 Å². The lowest BCUT2D eigenvalue weighted by Crippen LogP contribution is -2.37. The second-order valence-corrected chi connectivity index (χ2v) is 6.74. The van der Waals surface area contributed by atoms with Crippen LogP contribution in [0.25, 0.3) is 10.1 Å². The Hall–Kier alpha value is -1.59. The summed E-state index contributed by atoms with van der Waals surface area (Å²) in [6, 6.07) is 9.96. The highest BCUT2D eigenvalue weighted by atomic mass is 32.1. The zero-order valence-electron chi connectivity index (χ0n) is 12.0. The van der Waals surface area contributed by atoms with E-state index in [1.165, 1.54) is 4.70 Å². The van der Waals surface area contributed by atoms with E-state index in [9.17, 15) is 4.79 Å². The topological polar surface area (TPSA) is 64.3 Å². The number of alkyl carbamates (subject to hydrolysis) is 1. The molecule has 0 bridgehead atoms. The third kappa shape index (κ3) is 3.71. The molecule has 1 unspecified atom stereocenters. The van der Waals surface area contributed by atoms with Gasteiger partial charge in [0.2, 0.25) is 0 Å². The first-order valence-corrected chi connectivity index (χ1v) is 7.39. The molecule has 0 aliphatic carbocycles. The third-order valence-corrected chi connectivity index (χ3v) is 3.94. The maximum Gasteiger partial charge on any atom is 0.408 e. The van der Waals surface area contributed by atoms with Crippen LogP contribution in [0.4, 0.5) is 4.79 Å². The van der Waals surface area contributed by atoms with E-state index < -0.39 is 11.7 Å². The SMILES string of the molecule is CC(C)(C)OC(=O)NC(CN)c1cc2ccccc2s1. The number of fused-ring (bicyclic) bond motifs is 1. The van der Waals surface area contributed by atoms with Gasteiger partial charge in [0, 0.05) is 16.1 Å². The van der Waals surface area contributed by atoms with Gasteiger partial charge < -0.3 is 15.8 Å². The molecule has 1 amide bonds. The Morgan fingerprint density at radius 2 is 2.10 bits per heavy atom. The molecule has 0 aliphatic rings. The summed E-state index contributed by atoms with van der Waals surface area (Å²) in [5, 5.41) is 3.99. The van der Waals surface area contributed by atoms with Crippen molar-refractivity contribution in [3.05, 3.63) is 35.2 Å². The third-order valence-electron chi connectivity index (χ3n) is 2.71. The molecule has 2 aromatic rings. The van der Waals surface area contributed by atoms with Crippen LogP contribution in [0.1, 0.15) is 31.7 Å². The fourth-order valence-corrected chi connectivity index (χ4v) is 3.00. The van der Waals surface area contributed by atoms with Gasteiger partial charge in [-0.05, 0) is 38.3 Å². The van der Waals surface area contributed by atoms with Gasteiger partial charge in [0.05, 0.1) is 6.04 Å². The molecule has 0 saturated heterocycles. The van der Waals surface area contributed by atoms with E-state index in [-0.39, 0.29) is 6.04 Å². The van der Waals surface area contributed by atoms with Crippen molar-refractivity contribution in [2.24, 2.45) is 5.73 Å². The van der Waals surface area contributed by atoms with Gasteiger partial charge in [-0.25, -0.2) is 4.79 Å². The van der Waals surface area contributed by atoms with Crippen LogP contribution in [0.3, 0.4) is 0 Å². The number of ether oxygens (including phenoxy) is 1. The molecule has 108 valence electrons. The number of hydrogen-bond donors (Lipinski definition) is 2. The van der Waals surface area contributed by atoms with Gasteiger partial charge in [-0.3, -0.25) is 0 Å². The first-order chi connectivity index (χ1) is 9.39. The quantitative estimate of drug-likeness (QED) is 0.911. The minimum absolute atomic E-state index is 0.220. The van der Waals surface area contributed by atoms with E-state index in [2.05, 4.69) is 23.5 Å². The zero-order valence-corrected chi connectivity index (χ0v) is 12.8. The summed E-state index contributed by atoms with van der Waals surface area (Å²) >= 11 is 1.64. The first-order valence-electron chi connectivity index (χ1n) is 6.57. The average Bonchev–Trinajstić information content (AvgIpc) is 2.77. The number of nitrogens with one attached hydrogen (secondary N) is 1. The monoisotopic (exact) mass is 292 g/mol. The number of rotatable bonds is 3. The maximum atomic E-state index is 11.8. The van der Waals surface area contributed by atoms with Crippen molar-refractivity contribution < 1.29 is 9.53 Å². The first kappa shape index (κ1) is 14.8. The second kappa shape index (κ2) is 5.81. The molecule has 3 N–H and O–H groups in total. The van der Waals surface area contributed by atoms with Crippen molar-refractivity contribution in [1.82, 2.24) is 5.32 Å². The highest BCUT2D eigenvalue weighted by Gasteiger charge is 2.20. The normalized spacial score (nSPS) is 13.2. The van der Waals surface area contributed by atoms with Crippen LogP contribution >= 0.6 is 11.3 Å². The minimum Gasteiger partial charge on any atom is -0.444 e. The molecule has 1 aromatic heterocycles. The number of hydrogen-bond acceptors (Lipinski definition) is 4. The van der Waals surface area contributed by atoms with Crippen LogP contribution in [0.15, 0.2) is 30.3 Å². The van der Waals surface area contributed by atoms with Crippen molar-refractivity contribution in [2.45, 2.75) is 32.4 Å². The van der Waals surface area contributed by atoms with Gasteiger partial charge in [-0.15, -0.1) is 11.3 Å². The number of amides is 1. The molecule has 20 heavy (non-hydrogen) atoms. The van der Waals surface area contributed by atoms with Crippen molar-refractivity contribution >= 4 is 27.5 Å². The minimum atomic E-state index is -0.511. The van der Waals surface area contributed by atoms with Gasteiger partial charge >= 0.3 is 6.09 Å². The average molecular weight is 292 g/mol. The van der Waals surface area contributed by atoms with Crippen molar-refractivity contribution in [1.29, 1.82) is 0 Å². The molecule has 1 heterocycles. The summed E-state index contributed by atoms with van der Waals surface area (Å²) in [7, 11) is 0. The molecule has 0 aliphatic heterocycles. The summed E-state index contributed by atoms with van der Waals surface area (Å²) in [5.74, 6) is 0. The standard InChI is InChI=1S/C15H20N2O2S/c1-15(2,3)19-14(18)17-11(9-16)13-8-10-6-4-5-7-12(10)20-13/h4-8,11H,9,16H2,1-3H3,(H,17,18). The highest BCUT2D eigenvalue weighted by Crippen LogP contribution is 2.29.